The first kappa shape index (κ1) is 16.3. The predicted octanol–water partition coefficient (Wildman–Crippen LogP) is 2.35. The molecule has 1 heterocycles. The van der Waals surface area contributed by atoms with Crippen molar-refractivity contribution in [3.05, 3.63) is 52.2 Å². The van der Waals surface area contributed by atoms with Crippen molar-refractivity contribution < 1.29 is 9.90 Å². The number of carbonyl (C=O) groups excluding carboxylic acids is 1. The molecule has 5 nitrogen and oxygen atoms in total. The zero-order valence-electron chi connectivity index (χ0n) is 12.7. The number of nitrogens with zero attached hydrogens (tertiary/aromatic N) is 1. The van der Waals surface area contributed by atoms with E-state index in [-0.39, 0.29) is 12.6 Å². The third-order valence-corrected chi connectivity index (χ3v) is 3.97. The van der Waals surface area contributed by atoms with Gasteiger partial charge in [0.15, 0.2) is 0 Å². The van der Waals surface area contributed by atoms with Crippen molar-refractivity contribution in [2.45, 2.75) is 12.6 Å². The number of urea groups is 1. The van der Waals surface area contributed by atoms with Crippen LogP contribution in [0.2, 0.25) is 0 Å². The summed E-state index contributed by atoms with van der Waals surface area (Å²) in [6.07, 6.45) is -0.672. The molecule has 0 aliphatic rings. The second-order valence-corrected chi connectivity index (χ2v) is 5.98. The van der Waals surface area contributed by atoms with Gasteiger partial charge >= 0.3 is 6.03 Å². The monoisotopic (exact) mass is 319 g/mol. The van der Waals surface area contributed by atoms with Crippen LogP contribution >= 0.6 is 11.3 Å². The fourth-order valence-corrected chi connectivity index (χ4v) is 2.67. The van der Waals surface area contributed by atoms with E-state index in [2.05, 4.69) is 10.6 Å². The smallest absolute Gasteiger partial charge is 0.315 e. The third-order valence-electron chi connectivity index (χ3n) is 3.26. The molecule has 0 aliphatic heterocycles. The van der Waals surface area contributed by atoms with E-state index in [1.54, 1.807) is 0 Å². The first-order valence-corrected chi connectivity index (χ1v) is 7.98. The standard InChI is InChI=1S/C16H21N3O2S/c1-19(2)14-5-3-4-12(8-14)9-17-16(21)18-10-15(20)13-6-7-22-11-13/h3-8,11,15,20H,9-10H2,1-2H3,(H2,17,18,21). The van der Waals surface area contributed by atoms with Gasteiger partial charge < -0.3 is 20.6 Å². The Morgan fingerprint density at radius 3 is 2.82 bits per heavy atom. The lowest BCUT2D eigenvalue weighted by atomic mass is 10.2. The lowest BCUT2D eigenvalue weighted by Crippen LogP contribution is -2.37. The Bertz CT molecular complexity index is 599. The van der Waals surface area contributed by atoms with E-state index in [0.717, 1.165) is 16.8 Å². The third kappa shape index (κ3) is 4.75. The maximum absolute atomic E-state index is 11.8. The van der Waals surface area contributed by atoms with Crippen molar-refractivity contribution in [2.75, 3.05) is 25.5 Å². The molecule has 0 aliphatic carbocycles. The largest absolute Gasteiger partial charge is 0.387 e. The fraction of sp³-hybridized carbons (Fsp3) is 0.312. The quantitative estimate of drug-likeness (QED) is 0.766. The highest BCUT2D eigenvalue weighted by Gasteiger charge is 2.09. The Morgan fingerprint density at radius 2 is 2.14 bits per heavy atom. The van der Waals surface area contributed by atoms with E-state index in [1.807, 2.05) is 60.1 Å². The van der Waals surface area contributed by atoms with E-state index in [4.69, 9.17) is 0 Å². The zero-order chi connectivity index (χ0) is 15.9. The van der Waals surface area contributed by atoms with E-state index in [1.165, 1.54) is 11.3 Å². The van der Waals surface area contributed by atoms with Gasteiger partial charge in [-0.2, -0.15) is 11.3 Å². The van der Waals surface area contributed by atoms with Crippen molar-refractivity contribution in [3.63, 3.8) is 0 Å². The van der Waals surface area contributed by atoms with E-state index in [0.29, 0.717) is 6.54 Å². The molecular formula is C16H21N3O2S. The molecule has 1 aromatic carbocycles. The highest BCUT2D eigenvalue weighted by molar-refractivity contribution is 7.07. The van der Waals surface area contributed by atoms with Crippen LogP contribution in [0.3, 0.4) is 0 Å². The molecule has 1 unspecified atom stereocenters. The summed E-state index contributed by atoms with van der Waals surface area (Å²) in [5, 5.41) is 19.1. The summed E-state index contributed by atoms with van der Waals surface area (Å²) in [5.74, 6) is 0. The summed E-state index contributed by atoms with van der Waals surface area (Å²) in [5.41, 5.74) is 2.94. The van der Waals surface area contributed by atoms with Gasteiger partial charge in [-0.25, -0.2) is 4.79 Å². The molecule has 6 heteroatoms. The summed E-state index contributed by atoms with van der Waals surface area (Å²) in [6.45, 7) is 0.641. The van der Waals surface area contributed by atoms with Crippen LogP contribution < -0.4 is 15.5 Å². The number of carbonyl (C=O) groups is 1. The van der Waals surface area contributed by atoms with Gasteiger partial charge in [0.1, 0.15) is 0 Å². The van der Waals surface area contributed by atoms with E-state index >= 15 is 0 Å². The lowest BCUT2D eigenvalue weighted by molar-refractivity contribution is 0.173. The van der Waals surface area contributed by atoms with Crippen molar-refractivity contribution in [1.29, 1.82) is 0 Å². The average molecular weight is 319 g/mol. The summed E-state index contributed by atoms with van der Waals surface area (Å²) >= 11 is 1.52. The molecular weight excluding hydrogens is 298 g/mol. The number of nitrogens with one attached hydrogen (secondary N) is 2. The molecule has 3 N–H and O–H groups in total. The molecule has 0 spiro atoms. The highest BCUT2D eigenvalue weighted by Crippen LogP contribution is 2.15. The number of rotatable bonds is 6. The van der Waals surface area contributed by atoms with Gasteiger partial charge in [0.25, 0.3) is 0 Å². The van der Waals surface area contributed by atoms with Crippen LogP contribution in [0.4, 0.5) is 10.5 Å². The number of thiophene rings is 1. The van der Waals surface area contributed by atoms with Crippen LogP contribution in [-0.4, -0.2) is 31.8 Å². The van der Waals surface area contributed by atoms with E-state index in [9.17, 15) is 9.90 Å². The molecule has 2 amide bonds. The van der Waals surface area contributed by atoms with Gasteiger partial charge in [-0.1, -0.05) is 12.1 Å². The van der Waals surface area contributed by atoms with E-state index < -0.39 is 6.10 Å². The van der Waals surface area contributed by atoms with Gasteiger partial charge in [0.2, 0.25) is 0 Å². The fourth-order valence-electron chi connectivity index (χ4n) is 1.96. The maximum atomic E-state index is 11.8. The molecule has 0 saturated heterocycles. The Labute approximate surface area is 134 Å². The number of hydrogen-bond acceptors (Lipinski definition) is 4. The molecule has 22 heavy (non-hydrogen) atoms. The van der Waals surface area contributed by atoms with Gasteiger partial charge in [-0.05, 0) is 40.1 Å². The summed E-state index contributed by atoms with van der Waals surface area (Å²) in [6, 6.07) is 9.53. The normalized spacial score (nSPS) is 11.8. The number of aliphatic hydroxyl groups excluding tert-OH is 1. The minimum absolute atomic E-state index is 0.195. The lowest BCUT2D eigenvalue weighted by Gasteiger charge is -2.14. The molecule has 2 aromatic rings. The van der Waals surface area contributed by atoms with Gasteiger partial charge in [-0.15, -0.1) is 0 Å². The van der Waals surface area contributed by atoms with Crippen LogP contribution in [0.25, 0.3) is 0 Å². The van der Waals surface area contributed by atoms with Crippen LogP contribution in [0.15, 0.2) is 41.1 Å². The Morgan fingerprint density at radius 1 is 1.32 bits per heavy atom. The van der Waals surface area contributed by atoms with Gasteiger partial charge in [-0.3, -0.25) is 0 Å². The Kier molecular flexibility index (Phi) is 5.80. The second-order valence-electron chi connectivity index (χ2n) is 5.20. The molecule has 0 radical (unpaired) electrons. The van der Waals surface area contributed by atoms with Crippen LogP contribution in [-0.2, 0) is 6.54 Å². The molecule has 0 bridgehead atoms. The first-order chi connectivity index (χ1) is 10.6. The number of anilines is 1. The zero-order valence-corrected chi connectivity index (χ0v) is 13.6. The Balaban J connectivity index is 1.77. The summed E-state index contributed by atoms with van der Waals surface area (Å²) in [4.78, 5) is 13.8. The van der Waals surface area contributed by atoms with Crippen LogP contribution in [0.1, 0.15) is 17.2 Å². The molecule has 0 saturated carbocycles. The minimum atomic E-state index is -0.672. The average Bonchev–Trinajstić information content (AvgIpc) is 3.05. The van der Waals surface area contributed by atoms with Crippen molar-refractivity contribution in [3.8, 4) is 0 Å². The van der Waals surface area contributed by atoms with Gasteiger partial charge in [0, 0.05) is 32.9 Å². The highest BCUT2D eigenvalue weighted by atomic mass is 32.1. The van der Waals surface area contributed by atoms with Gasteiger partial charge in [0.05, 0.1) is 6.10 Å². The number of hydrogen-bond donors (Lipinski definition) is 3. The Hall–Kier alpha value is -2.05. The molecule has 1 atom stereocenters. The molecule has 0 fully saturated rings. The molecule has 1 aromatic heterocycles. The topological polar surface area (TPSA) is 64.6 Å². The second kappa shape index (κ2) is 7.82. The minimum Gasteiger partial charge on any atom is -0.387 e. The number of benzene rings is 1. The van der Waals surface area contributed by atoms with Crippen molar-refractivity contribution in [2.24, 2.45) is 0 Å². The molecule has 2 rings (SSSR count). The summed E-state index contributed by atoms with van der Waals surface area (Å²) < 4.78 is 0. The predicted molar refractivity (Wildman–Crippen MR) is 90.3 cm³/mol. The SMILES string of the molecule is CN(C)c1cccc(CNC(=O)NCC(O)c2ccsc2)c1. The van der Waals surface area contributed by atoms with Crippen molar-refractivity contribution >= 4 is 23.1 Å². The van der Waals surface area contributed by atoms with Crippen LogP contribution in [0, 0.1) is 0 Å². The number of aliphatic hydroxyl groups is 1. The van der Waals surface area contributed by atoms with Crippen molar-refractivity contribution in [1.82, 2.24) is 10.6 Å². The van der Waals surface area contributed by atoms with Crippen LogP contribution in [0.5, 0.6) is 0 Å². The molecule has 118 valence electrons. The maximum Gasteiger partial charge on any atom is 0.315 e. The summed E-state index contributed by atoms with van der Waals surface area (Å²) in [7, 11) is 3.95. The first-order valence-electron chi connectivity index (χ1n) is 7.04. The number of amides is 2.